The second-order valence-electron chi connectivity index (χ2n) is 17.4. The molecule has 11 rings (SSSR count). The van der Waals surface area contributed by atoms with Crippen molar-refractivity contribution in [1.82, 2.24) is 0 Å². The van der Waals surface area contributed by atoms with E-state index in [1.165, 1.54) is 77.8 Å². The van der Waals surface area contributed by atoms with Gasteiger partial charge in [0.15, 0.2) is 0 Å². The fourth-order valence-corrected chi connectivity index (χ4v) is 10.1. The maximum Gasteiger partial charge on any atom is 0.0781 e. The van der Waals surface area contributed by atoms with Gasteiger partial charge in [0.1, 0.15) is 0 Å². The average molecular weight is 771 g/mol. The maximum atomic E-state index is 2.57. The first-order valence-corrected chi connectivity index (χ1v) is 21.1. The third-order valence-corrected chi connectivity index (χ3v) is 13.2. The van der Waals surface area contributed by atoms with Crippen LogP contribution in [0.25, 0.3) is 44.2 Å². The van der Waals surface area contributed by atoms with Gasteiger partial charge >= 0.3 is 0 Å². The molecule has 0 bridgehead atoms. The molecule has 0 amide bonds. The Balaban J connectivity index is 1.20. The van der Waals surface area contributed by atoms with Crippen molar-refractivity contribution in [1.29, 1.82) is 0 Å². The molecule has 2 aliphatic rings. The van der Waals surface area contributed by atoms with Crippen LogP contribution in [0.3, 0.4) is 0 Å². The van der Waals surface area contributed by atoms with Gasteiger partial charge in [0.2, 0.25) is 0 Å². The highest BCUT2D eigenvalue weighted by molar-refractivity contribution is 6.09. The minimum Gasteiger partial charge on any atom is -0.308 e. The lowest BCUT2D eigenvalue weighted by Crippen LogP contribution is -2.31. The largest absolute Gasteiger partial charge is 0.308 e. The Hall–Kier alpha value is -7.16. The Morgan fingerprint density at radius 1 is 0.367 bits per heavy atom. The average Bonchev–Trinajstić information content (AvgIpc) is 3.53. The van der Waals surface area contributed by atoms with E-state index in [2.05, 4.69) is 244 Å². The second-order valence-corrected chi connectivity index (χ2v) is 17.4. The molecule has 1 aliphatic heterocycles. The SMILES string of the molecule is CC1(C)c2ccccc2-c2ccc(N(c3ccc(-c4ccccc4)cc3)c3ccc4ccccc4c3N3c4ccccc4C(C)(C)c4ccc(-c5ccccc5)cc43)cc21. The molecule has 288 valence electrons. The van der Waals surface area contributed by atoms with E-state index >= 15 is 0 Å². The monoisotopic (exact) mass is 770 g/mol. The summed E-state index contributed by atoms with van der Waals surface area (Å²) in [4.78, 5) is 5.07. The van der Waals surface area contributed by atoms with Crippen LogP contribution >= 0.6 is 0 Å². The van der Waals surface area contributed by atoms with Gasteiger partial charge in [0, 0.05) is 27.6 Å². The molecule has 0 spiro atoms. The molecule has 2 nitrogen and oxygen atoms in total. The molecule has 0 N–H and O–H groups in total. The smallest absolute Gasteiger partial charge is 0.0781 e. The van der Waals surface area contributed by atoms with Crippen LogP contribution in [0.4, 0.5) is 34.1 Å². The lowest BCUT2D eigenvalue weighted by atomic mass is 9.73. The summed E-state index contributed by atoms with van der Waals surface area (Å²) in [5.41, 5.74) is 19.3. The van der Waals surface area contributed by atoms with Gasteiger partial charge in [0.05, 0.1) is 22.7 Å². The highest BCUT2D eigenvalue weighted by Gasteiger charge is 2.40. The third kappa shape index (κ3) is 5.55. The van der Waals surface area contributed by atoms with Crippen LogP contribution in [0.15, 0.2) is 206 Å². The van der Waals surface area contributed by atoms with E-state index in [1.807, 2.05) is 0 Å². The first-order chi connectivity index (χ1) is 29.3. The first kappa shape index (κ1) is 36.0. The number of benzene rings is 9. The number of rotatable bonds is 6. The number of nitrogens with zero attached hydrogens (tertiary/aromatic N) is 2. The molecule has 9 aromatic carbocycles. The summed E-state index contributed by atoms with van der Waals surface area (Å²) < 4.78 is 0. The molecule has 0 saturated heterocycles. The molecular weight excluding hydrogens is 725 g/mol. The molecule has 0 atom stereocenters. The molecule has 1 aliphatic carbocycles. The third-order valence-electron chi connectivity index (χ3n) is 13.2. The van der Waals surface area contributed by atoms with Gasteiger partial charge < -0.3 is 9.80 Å². The lowest BCUT2D eigenvalue weighted by Gasteiger charge is -2.44. The number of hydrogen-bond donors (Lipinski definition) is 0. The second kappa shape index (κ2) is 13.7. The van der Waals surface area contributed by atoms with Crippen LogP contribution in [-0.4, -0.2) is 0 Å². The first-order valence-electron chi connectivity index (χ1n) is 21.1. The van der Waals surface area contributed by atoms with Gasteiger partial charge in [-0.15, -0.1) is 0 Å². The molecular formula is C58H46N2. The van der Waals surface area contributed by atoms with E-state index in [9.17, 15) is 0 Å². The molecule has 0 radical (unpaired) electrons. The number of anilines is 6. The lowest BCUT2D eigenvalue weighted by molar-refractivity contribution is 0.632. The minimum absolute atomic E-state index is 0.152. The normalized spacial score (nSPS) is 14.2. The van der Waals surface area contributed by atoms with Gasteiger partial charge in [-0.05, 0) is 103 Å². The van der Waals surface area contributed by atoms with Crippen LogP contribution in [-0.2, 0) is 10.8 Å². The Morgan fingerprint density at radius 3 is 1.68 bits per heavy atom. The van der Waals surface area contributed by atoms with Gasteiger partial charge in [-0.3, -0.25) is 0 Å². The van der Waals surface area contributed by atoms with Gasteiger partial charge in [-0.1, -0.05) is 191 Å². The minimum atomic E-state index is -0.226. The molecule has 0 aromatic heterocycles. The van der Waals surface area contributed by atoms with E-state index in [-0.39, 0.29) is 10.8 Å². The summed E-state index contributed by atoms with van der Waals surface area (Å²) in [5.74, 6) is 0. The van der Waals surface area contributed by atoms with Crippen molar-refractivity contribution in [2.45, 2.75) is 38.5 Å². The van der Waals surface area contributed by atoms with Crippen LogP contribution in [0.1, 0.15) is 49.9 Å². The van der Waals surface area contributed by atoms with E-state index in [4.69, 9.17) is 0 Å². The Labute approximate surface area is 353 Å². The predicted octanol–water partition coefficient (Wildman–Crippen LogP) is 16.1. The number of fused-ring (bicyclic) bond motifs is 6. The molecule has 1 heterocycles. The maximum absolute atomic E-state index is 2.57. The fraction of sp³-hybridized carbons (Fsp3) is 0.103. The van der Waals surface area contributed by atoms with Gasteiger partial charge in [0.25, 0.3) is 0 Å². The van der Waals surface area contributed by atoms with Crippen LogP contribution in [0.2, 0.25) is 0 Å². The zero-order valence-corrected chi connectivity index (χ0v) is 34.5. The van der Waals surface area contributed by atoms with Crippen molar-refractivity contribution in [3.8, 4) is 33.4 Å². The number of hydrogen-bond acceptors (Lipinski definition) is 2. The van der Waals surface area contributed by atoms with Crippen molar-refractivity contribution in [2.24, 2.45) is 0 Å². The Bertz CT molecular complexity index is 3090. The highest BCUT2D eigenvalue weighted by atomic mass is 15.2. The summed E-state index contributed by atoms with van der Waals surface area (Å²) in [7, 11) is 0. The van der Waals surface area contributed by atoms with E-state index in [1.54, 1.807) is 0 Å². The number of para-hydroxylation sites is 1. The molecule has 0 fully saturated rings. The Kier molecular flexibility index (Phi) is 8.22. The van der Waals surface area contributed by atoms with E-state index < -0.39 is 0 Å². The van der Waals surface area contributed by atoms with Crippen molar-refractivity contribution in [2.75, 3.05) is 9.80 Å². The van der Waals surface area contributed by atoms with E-state index in [0.717, 1.165) is 22.7 Å². The summed E-state index contributed by atoms with van der Waals surface area (Å²) >= 11 is 0. The van der Waals surface area contributed by atoms with Crippen LogP contribution in [0, 0.1) is 0 Å². The van der Waals surface area contributed by atoms with Crippen molar-refractivity contribution < 1.29 is 0 Å². The van der Waals surface area contributed by atoms with Gasteiger partial charge in [-0.25, -0.2) is 0 Å². The summed E-state index contributed by atoms with van der Waals surface area (Å²) in [5, 5.41) is 2.39. The van der Waals surface area contributed by atoms with Crippen molar-refractivity contribution >= 4 is 44.9 Å². The summed E-state index contributed by atoms with van der Waals surface area (Å²) in [6.45, 7) is 9.49. The van der Waals surface area contributed by atoms with Gasteiger partial charge in [-0.2, -0.15) is 0 Å². The predicted molar refractivity (Wildman–Crippen MR) is 254 cm³/mol. The Morgan fingerprint density at radius 2 is 0.917 bits per heavy atom. The van der Waals surface area contributed by atoms with Crippen LogP contribution in [0.5, 0.6) is 0 Å². The molecule has 2 heteroatoms. The molecule has 60 heavy (non-hydrogen) atoms. The van der Waals surface area contributed by atoms with Crippen LogP contribution < -0.4 is 9.80 Å². The van der Waals surface area contributed by atoms with Crippen molar-refractivity contribution in [3.63, 3.8) is 0 Å². The fourth-order valence-electron chi connectivity index (χ4n) is 10.1. The quantitative estimate of drug-likeness (QED) is 0.166. The summed E-state index contributed by atoms with van der Waals surface area (Å²) in [6, 6.07) is 76.3. The summed E-state index contributed by atoms with van der Waals surface area (Å²) in [6.07, 6.45) is 0. The van der Waals surface area contributed by atoms with Crippen molar-refractivity contribution in [3.05, 3.63) is 229 Å². The highest BCUT2D eigenvalue weighted by Crippen LogP contribution is 2.58. The zero-order chi connectivity index (χ0) is 40.6. The zero-order valence-electron chi connectivity index (χ0n) is 34.5. The topological polar surface area (TPSA) is 6.48 Å². The van der Waals surface area contributed by atoms with E-state index in [0.29, 0.717) is 0 Å². The molecule has 0 unspecified atom stereocenters. The standard InChI is InChI=1S/C58H46N2/c1-57(2)49-24-14-13-23-47(49)48-34-33-45(38-52(48)57)59(44-31-27-41(28-32-44)39-17-7-5-8-18-39)54-36-30-42-21-11-12-22-46(42)56(54)60-53-26-16-15-25-50(53)58(3,4)51-35-29-43(37-55(51)60)40-19-9-6-10-20-40/h5-38H,1-4H3. The molecule has 9 aromatic rings. The molecule has 0 saturated carbocycles.